The summed E-state index contributed by atoms with van der Waals surface area (Å²) in [5.74, 6) is -2.22. The molecule has 57 heavy (non-hydrogen) atoms. The van der Waals surface area contributed by atoms with Gasteiger partial charge in [-0.15, -0.1) is 0 Å². The Morgan fingerprint density at radius 3 is 2.32 bits per heavy atom. The molecule has 0 spiro atoms. The number of hydrogen-bond donors (Lipinski definition) is 5. The second-order valence-electron chi connectivity index (χ2n) is 16.2. The van der Waals surface area contributed by atoms with E-state index < -0.39 is 57.7 Å². The fraction of sp³-hybridized carbons (Fsp3) is 0.558. The number of carbonyl (C=O) groups is 4. The first-order valence-electron chi connectivity index (χ1n) is 20.5. The van der Waals surface area contributed by atoms with Crippen molar-refractivity contribution in [2.45, 2.75) is 132 Å². The number of fused-ring (bicyclic) bond motifs is 1. The zero-order valence-corrected chi connectivity index (χ0v) is 34.1. The molecule has 5 N–H and O–H groups in total. The van der Waals surface area contributed by atoms with Crippen LogP contribution in [0, 0.1) is 11.8 Å². The highest BCUT2D eigenvalue weighted by Gasteiger charge is 2.37. The maximum absolute atomic E-state index is 14.1. The number of sulfone groups is 1. The minimum Gasteiger partial charge on any atom is -0.390 e. The Bertz CT molecular complexity index is 1860. The van der Waals surface area contributed by atoms with Crippen molar-refractivity contribution < 1.29 is 32.7 Å². The maximum atomic E-state index is 14.1. The van der Waals surface area contributed by atoms with E-state index in [1.807, 2.05) is 54.9 Å². The first kappa shape index (κ1) is 43.6. The number of imidazole rings is 1. The minimum atomic E-state index is -3.52. The fourth-order valence-corrected chi connectivity index (χ4v) is 9.96. The van der Waals surface area contributed by atoms with E-state index in [-0.39, 0.29) is 47.7 Å². The van der Waals surface area contributed by atoms with Gasteiger partial charge < -0.3 is 30.9 Å². The Morgan fingerprint density at radius 1 is 0.877 bits per heavy atom. The molecule has 310 valence electrons. The molecule has 2 aromatic carbocycles. The highest BCUT2D eigenvalue weighted by Crippen LogP contribution is 2.36. The molecule has 0 saturated heterocycles. The average molecular weight is 805 g/mol. The van der Waals surface area contributed by atoms with Gasteiger partial charge in [-0.3, -0.25) is 19.2 Å². The van der Waals surface area contributed by atoms with Gasteiger partial charge in [0.2, 0.25) is 23.6 Å². The van der Waals surface area contributed by atoms with Crippen LogP contribution in [0.25, 0.3) is 0 Å². The lowest BCUT2D eigenvalue weighted by Gasteiger charge is -2.32. The number of unbranched alkanes of at least 4 members (excludes halogenated alkanes) is 1. The van der Waals surface area contributed by atoms with E-state index in [0.717, 1.165) is 57.1 Å². The maximum Gasteiger partial charge on any atom is 0.243 e. The number of aliphatic hydroxyl groups is 1. The van der Waals surface area contributed by atoms with Crippen LogP contribution in [-0.2, 0) is 42.0 Å². The standard InChI is InChI=1S/C43H60N6O7S/c1-30(2)23-36(42(53)47-35(24-31-13-5-3-6-14-31)38(50)27-40(51)45-19-11-12-21-49-22-20-44-29-49)48-43(54)37(25-32-15-7-4-8-16-32)46-41(52)26-33-28-57(55,56)39-18-10-9-17-34(33)39/h4,7-10,15-18,20,22,29-31,33,35-38,50H,3,5-6,11-14,19,21,23-28H2,1-2H3,(H,45,51)(H,46,52)(H,47,53)(H,48,54)/t33?,35-,36-,37-,38-/m0/s1. The molecule has 0 bridgehead atoms. The number of nitrogens with one attached hydrogen (secondary N) is 4. The number of carbonyl (C=O) groups excluding carboxylic acids is 4. The SMILES string of the molecule is CC(C)C[C@H](NC(=O)[C@H](Cc1ccccc1)NC(=O)CC1CS(=O)(=O)c2ccccc21)C(=O)N[C@@H](CC1CCCCC1)[C@@H](O)CC(=O)NCCCCn1ccnc1. The van der Waals surface area contributed by atoms with Crippen LogP contribution < -0.4 is 21.3 Å². The number of aryl methyl sites for hydroxylation is 1. The summed E-state index contributed by atoms with van der Waals surface area (Å²) in [4.78, 5) is 59.0. The largest absolute Gasteiger partial charge is 0.390 e. The van der Waals surface area contributed by atoms with Gasteiger partial charge in [0.25, 0.3) is 0 Å². The molecule has 14 heteroatoms. The fourth-order valence-electron chi connectivity index (χ4n) is 8.07. The molecule has 5 rings (SSSR count). The zero-order valence-electron chi connectivity index (χ0n) is 33.3. The van der Waals surface area contributed by atoms with Gasteiger partial charge in [-0.25, -0.2) is 13.4 Å². The Hall–Kier alpha value is -4.56. The molecule has 4 amide bonds. The first-order valence-corrected chi connectivity index (χ1v) is 22.2. The van der Waals surface area contributed by atoms with E-state index in [1.54, 1.807) is 36.8 Å². The number of hydrogen-bond acceptors (Lipinski definition) is 8. The van der Waals surface area contributed by atoms with Crippen LogP contribution in [0.4, 0.5) is 0 Å². The van der Waals surface area contributed by atoms with Crippen LogP contribution >= 0.6 is 0 Å². The summed E-state index contributed by atoms with van der Waals surface area (Å²) in [6.45, 7) is 5.15. The van der Waals surface area contributed by atoms with Crippen molar-refractivity contribution in [1.82, 2.24) is 30.8 Å². The molecule has 2 aliphatic rings. The number of amides is 4. The topological polar surface area (TPSA) is 189 Å². The second kappa shape index (κ2) is 21.3. The van der Waals surface area contributed by atoms with Crippen LogP contribution in [0.2, 0.25) is 0 Å². The molecule has 1 aliphatic carbocycles. The van der Waals surface area contributed by atoms with E-state index in [2.05, 4.69) is 26.3 Å². The molecule has 0 radical (unpaired) electrons. The summed E-state index contributed by atoms with van der Waals surface area (Å²) in [5.41, 5.74) is 1.39. The van der Waals surface area contributed by atoms with Crippen LogP contribution in [0.15, 0.2) is 78.2 Å². The normalized spacial score (nSPS) is 18.5. The molecule has 5 atom stereocenters. The highest BCUT2D eigenvalue weighted by atomic mass is 32.2. The van der Waals surface area contributed by atoms with Gasteiger partial charge in [-0.2, -0.15) is 0 Å². The van der Waals surface area contributed by atoms with E-state index in [1.165, 1.54) is 0 Å². The van der Waals surface area contributed by atoms with E-state index in [9.17, 15) is 32.7 Å². The molecular formula is C43H60N6O7S. The lowest BCUT2D eigenvalue weighted by Crippen LogP contribution is -2.57. The summed E-state index contributed by atoms with van der Waals surface area (Å²) < 4.78 is 27.6. The van der Waals surface area contributed by atoms with E-state index in [4.69, 9.17) is 0 Å². The van der Waals surface area contributed by atoms with Crippen LogP contribution in [0.3, 0.4) is 0 Å². The van der Waals surface area contributed by atoms with Crippen LogP contribution in [-0.4, -0.2) is 83.2 Å². The first-order chi connectivity index (χ1) is 27.4. The third-order valence-corrected chi connectivity index (χ3v) is 12.9. The van der Waals surface area contributed by atoms with Crippen molar-refractivity contribution in [1.29, 1.82) is 0 Å². The van der Waals surface area contributed by atoms with Gasteiger partial charge in [0, 0.05) is 44.2 Å². The van der Waals surface area contributed by atoms with Crippen molar-refractivity contribution in [3.8, 4) is 0 Å². The predicted octanol–water partition coefficient (Wildman–Crippen LogP) is 4.21. The van der Waals surface area contributed by atoms with Crippen LogP contribution in [0.5, 0.6) is 0 Å². The molecule has 2 heterocycles. The number of aliphatic hydroxyl groups excluding tert-OH is 1. The quantitative estimate of drug-likeness (QED) is 0.0991. The smallest absolute Gasteiger partial charge is 0.243 e. The van der Waals surface area contributed by atoms with Gasteiger partial charge in [-0.1, -0.05) is 94.5 Å². The molecule has 1 saturated carbocycles. The molecule has 1 aromatic heterocycles. The second-order valence-corrected chi connectivity index (χ2v) is 18.2. The minimum absolute atomic E-state index is 0.00821. The monoisotopic (exact) mass is 804 g/mol. The van der Waals surface area contributed by atoms with Crippen molar-refractivity contribution in [2.75, 3.05) is 12.3 Å². The number of benzene rings is 2. The Balaban J connectivity index is 1.24. The van der Waals surface area contributed by atoms with Crippen molar-refractivity contribution in [3.05, 3.63) is 84.4 Å². The molecule has 1 aliphatic heterocycles. The Labute approximate surface area is 337 Å². The molecule has 1 unspecified atom stereocenters. The molecule has 13 nitrogen and oxygen atoms in total. The molecule has 3 aromatic rings. The third-order valence-electron chi connectivity index (χ3n) is 11.0. The highest BCUT2D eigenvalue weighted by molar-refractivity contribution is 7.91. The van der Waals surface area contributed by atoms with Gasteiger partial charge >= 0.3 is 0 Å². The molecular weight excluding hydrogens is 745 g/mol. The van der Waals surface area contributed by atoms with E-state index >= 15 is 0 Å². The van der Waals surface area contributed by atoms with Crippen LogP contribution in [0.1, 0.15) is 102 Å². The van der Waals surface area contributed by atoms with Crippen molar-refractivity contribution in [2.24, 2.45) is 11.8 Å². The van der Waals surface area contributed by atoms with Gasteiger partial charge in [0.1, 0.15) is 12.1 Å². The average Bonchev–Trinajstić information content (AvgIpc) is 3.79. The van der Waals surface area contributed by atoms with Gasteiger partial charge in [0.15, 0.2) is 9.84 Å². The van der Waals surface area contributed by atoms with Gasteiger partial charge in [-0.05, 0) is 54.7 Å². The number of rotatable bonds is 21. The summed E-state index contributed by atoms with van der Waals surface area (Å²) in [6.07, 6.45) is 11.8. The lowest BCUT2D eigenvalue weighted by atomic mass is 9.83. The van der Waals surface area contributed by atoms with Gasteiger partial charge in [0.05, 0.1) is 35.5 Å². The summed E-state index contributed by atoms with van der Waals surface area (Å²) in [6, 6.07) is 13.2. The Kier molecular flexibility index (Phi) is 16.3. The summed E-state index contributed by atoms with van der Waals surface area (Å²) >= 11 is 0. The number of nitrogens with zero attached hydrogens (tertiary/aromatic N) is 2. The number of aromatic nitrogens is 2. The molecule has 1 fully saturated rings. The zero-order chi connectivity index (χ0) is 40.8. The third kappa shape index (κ3) is 13.5. The predicted molar refractivity (Wildman–Crippen MR) is 218 cm³/mol. The van der Waals surface area contributed by atoms with E-state index in [0.29, 0.717) is 24.9 Å². The lowest BCUT2D eigenvalue weighted by molar-refractivity contribution is -0.133. The summed E-state index contributed by atoms with van der Waals surface area (Å²) in [7, 11) is -3.52. The summed E-state index contributed by atoms with van der Waals surface area (Å²) in [5, 5.41) is 23.1. The van der Waals surface area contributed by atoms with Crippen molar-refractivity contribution >= 4 is 33.5 Å². The van der Waals surface area contributed by atoms with Crippen molar-refractivity contribution in [3.63, 3.8) is 0 Å². The Morgan fingerprint density at radius 2 is 1.60 bits per heavy atom.